The second-order valence-electron chi connectivity index (χ2n) is 6.52. The molecule has 146 valence electrons. The van der Waals surface area contributed by atoms with Gasteiger partial charge in [0.2, 0.25) is 0 Å². The number of hydrogen-bond donors (Lipinski definition) is 1. The Labute approximate surface area is 168 Å². The maximum atomic E-state index is 12.9. The van der Waals surface area contributed by atoms with Gasteiger partial charge in [0.15, 0.2) is 5.13 Å². The van der Waals surface area contributed by atoms with Crippen LogP contribution in [-0.4, -0.2) is 10.9 Å². The molecule has 0 fully saturated rings. The number of amides is 1. The van der Waals surface area contributed by atoms with Crippen molar-refractivity contribution in [3.63, 3.8) is 0 Å². The SMILES string of the molecule is O=C(Nc1ncc(Cc2cccc(C(F)(F)F)c2)s1)c1ccc2ccccc2c1. The molecule has 3 nitrogen and oxygen atoms in total. The summed E-state index contributed by atoms with van der Waals surface area (Å²) in [5.74, 6) is -0.282. The Kier molecular flexibility index (Phi) is 5.07. The number of halogens is 3. The van der Waals surface area contributed by atoms with Gasteiger partial charge in [-0.25, -0.2) is 4.98 Å². The molecule has 4 rings (SSSR count). The summed E-state index contributed by atoms with van der Waals surface area (Å²) in [5, 5.41) is 5.17. The van der Waals surface area contributed by atoms with Crippen molar-refractivity contribution < 1.29 is 18.0 Å². The van der Waals surface area contributed by atoms with E-state index in [1.807, 2.05) is 36.4 Å². The number of anilines is 1. The maximum Gasteiger partial charge on any atom is 0.416 e. The number of fused-ring (bicyclic) bond motifs is 1. The molecule has 0 aliphatic rings. The first-order chi connectivity index (χ1) is 13.9. The van der Waals surface area contributed by atoms with E-state index in [1.54, 1.807) is 18.3 Å². The normalized spacial score (nSPS) is 11.6. The fraction of sp³-hybridized carbons (Fsp3) is 0.0909. The van der Waals surface area contributed by atoms with Crippen molar-refractivity contribution in [2.24, 2.45) is 0 Å². The number of thiazole rings is 1. The van der Waals surface area contributed by atoms with Gasteiger partial charge < -0.3 is 0 Å². The zero-order valence-electron chi connectivity index (χ0n) is 15.0. The molecule has 0 atom stereocenters. The monoisotopic (exact) mass is 412 g/mol. The van der Waals surface area contributed by atoms with Crippen molar-refractivity contribution in [2.45, 2.75) is 12.6 Å². The lowest BCUT2D eigenvalue weighted by molar-refractivity contribution is -0.137. The molecule has 0 saturated heterocycles. The molecule has 1 N–H and O–H groups in total. The highest BCUT2D eigenvalue weighted by atomic mass is 32.1. The van der Waals surface area contributed by atoms with Crippen molar-refractivity contribution in [3.05, 3.63) is 94.5 Å². The van der Waals surface area contributed by atoms with Gasteiger partial charge in [-0.05, 0) is 34.5 Å². The van der Waals surface area contributed by atoms with Crippen LogP contribution in [0, 0.1) is 0 Å². The van der Waals surface area contributed by atoms with Crippen LogP contribution in [0.5, 0.6) is 0 Å². The van der Waals surface area contributed by atoms with Gasteiger partial charge in [-0.2, -0.15) is 13.2 Å². The van der Waals surface area contributed by atoms with Crippen molar-refractivity contribution >= 4 is 33.1 Å². The van der Waals surface area contributed by atoms with E-state index in [-0.39, 0.29) is 5.91 Å². The lowest BCUT2D eigenvalue weighted by Gasteiger charge is -2.07. The Hall–Kier alpha value is -3.19. The highest BCUT2D eigenvalue weighted by molar-refractivity contribution is 7.15. The number of hydrogen-bond acceptors (Lipinski definition) is 3. The molecular weight excluding hydrogens is 397 g/mol. The number of rotatable bonds is 4. The summed E-state index contributed by atoms with van der Waals surface area (Å²) >= 11 is 1.24. The predicted molar refractivity (Wildman–Crippen MR) is 108 cm³/mol. The van der Waals surface area contributed by atoms with Crippen LogP contribution in [0.3, 0.4) is 0 Å². The number of aromatic nitrogens is 1. The van der Waals surface area contributed by atoms with Crippen LogP contribution in [0.25, 0.3) is 10.8 Å². The minimum Gasteiger partial charge on any atom is -0.298 e. The lowest BCUT2D eigenvalue weighted by atomic mass is 10.1. The summed E-state index contributed by atoms with van der Waals surface area (Å²) in [4.78, 5) is 17.4. The molecule has 0 saturated carbocycles. The van der Waals surface area contributed by atoms with Crippen LogP contribution in [-0.2, 0) is 12.6 Å². The highest BCUT2D eigenvalue weighted by Crippen LogP contribution is 2.30. The molecule has 1 amide bonds. The molecule has 4 aromatic rings. The third kappa shape index (κ3) is 4.46. The van der Waals surface area contributed by atoms with E-state index in [0.29, 0.717) is 22.7 Å². The second-order valence-corrected chi connectivity index (χ2v) is 7.64. The van der Waals surface area contributed by atoms with Gasteiger partial charge >= 0.3 is 6.18 Å². The Morgan fingerprint density at radius 2 is 1.76 bits per heavy atom. The largest absolute Gasteiger partial charge is 0.416 e. The van der Waals surface area contributed by atoms with Gasteiger partial charge in [0.1, 0.15) is 0 Å². The molecule has 0 spiro atoms. The third-order valence-electron chi connectivity index (χ3n) is 4.42. The van der Waals surface area contributed by atoms with Crippen LogP contribution in [0.15, 0.2) is 72.9 Å². The van der Waals surface area contributed by atoms with Crippen LogP contribution in [0.2, 0.25) is 0 Å². The highest BCUT2D eigenvalue weighted by Gasteiger charge is 2.30. The zero-order valence-corrected chi connectivity index (χ0v) is 15.8. The Balaban J connectivity index is 1.47. The summed E-state index contributed by atoms with van der Waals surface area (Å²) in [6.07, 6.45) is -2.49. The van der Waals surface area contributed by atoms with Gasteiger partial charge in [-0.15, -0.1) is 11.3 Å². The maximum absolute atomic E-state index is 12.9. The average molecular weight is 412 g/mol. The fourth-order valence-corrected chi connectivity index (χ4v) is 3.85. The van der Waals surface area contributed by atoms with Gasteiger partial charge in [0.05, 0.1) is 5.56 Å². The molecule has 0 aliphatic carbocycles. The summed E-state index contributed by atoms with van der Waals surface area (Å²) in [7, 11) is 0. The molecule has 0 bridgehead atoms. The van der Waals surface area contributed by atoms with E-state index >= 15 is 0 Å². The van der Waals surface area contributed by atoms with Crippen molar-refractivity contribution in [1.29, 1.82) is 0 Å². The van der Waals surface area contributed by atoms with Gasteiger partial charge in [0.25, 0.3) is 5.91 Å². The smallest absolute Gasteiger partial charge is 0.298 e. The van der Waals surface area contributed by atoms with E-state index in [2.05, 4.69) is 10.3 Å². The molecule has 1 heterocycles. The predicted octanol–water partition coefficient (Wildman–Crippen LogP) is 6.16. The summed E-state index contributed by atoms with van der Waals surface area (Å²) in [6, 6.07) is 18.4. The van der Waals surface area contributed by atoms with Crippen LogP contribution in [0.4, 0.5) is 18.3 Å². The van der Waals surface area contributed by atoms with Gasteiger partial charge in [-0.3, -0.25) is 10.1 Å². The quantitative estimate of drug-likeness (QED) is 0.436. The molecule has 29 heavy (non-hydrogen) atoms. The number of carbonyl (C=O) groups is 1. The first-order valence-electron chi connectivity index (χ1n) is 8.79. The minimum atomic E-state index is -4.37. The number of carbonyl (C=O) groups excluding carboxylic acids is 1. The van der Waals surface area contributed by atoms with Crippen molar-refractivity contribution in [2.75, 3.05) is 5.32 Å². The molecule has 0 unspecified atom stereocenters. The van der Waals surface area contributed by atoms with E-state index in [9.17, 15) is 18.0 Å². The number of nitrogens with one attached hydrogen (secondary N) is 1. The second kappa shape index (κ2) is 7.67. The molecule has 1 aromatic heterocycles. The van der Waals surface area contributed by atoms with Crippen molar-refractivity contribution in [1.82, 2.24) is 4.98 Å². The Morgan fingerprint density at radius 3 is 2.55 bits per heavy atom. The lowest BCUT2D eigenvalue weighted by Crippen LogP contribution is -2.11. The van der Waals surface area contributed by atoms with E-state index in [4.69, 9.17) is 0 Å². The van der Waals surface area contributed by atoms with Gasteiger partial charge in [0, 0.05) is 23.1 Å². The molecular formula is C22H15F3N2OS. The number of alkyl halides is 3. The fourth-order valence-electron chi connectivity index (χ4n) is 3.01. The van der Waals surface area contributed by atoms with Crippen LogP contribution >= 0.6 is 11.3 Å². The molecule has 3 aromatic carbocycles. The zero-order chi connectivity index (χ0) is 20.4. The van der Waals surface area contributed by atoms with Crippen LogP contribution in [0.1, 0.15) is 26.4 Å². The Bertz CT molecular complexity index is 1180. The topological polar surface area (TPSA) is 42.0 Å². The van der Waals surface area contributed by atoms with E-state index in [0.717, 1.165) is 27.8 Å². The standard InChI is InChI=1S/C22H15F3N2OS/c23-22(24,25)18-7-3-4-14(10-18)11-19-13-26-21(29-19)27-20(28)17-9-8-15-5-1-2-6-16(15)12-17/h1-10,12-13H,11H2,(H,26,27,28). The summed E-state index contributed by atoms with van der Waals surface area (Å²) < 4.78 is 38.6. The average Bonchev–Trinajstić information content (AvgIpc) is 3.13. The summed E-state index contributed by atoms with van der Waals surface area (Å²) in [6.45, 7) is 0. The van der Waals surface area contributed by atoms with E-state index < -0.39 is 11.7 Å². The van der Waals surface area contributed by atoms with Gasteiger partial charge in [-0.1, -0.05) is 48.5 Å². The minimum absolute atomic E-state index is 0.282. The summed E-state index contributed by atoms with van der Waals surface area (Å²) in [5.41, 5.74) is 0.374. The first kappa shape index (κ1) is 19.1. The molecule has 0 radical (unpaired) electrons. The number of benzene rings is 3. The Morgan fingerprint density at radius 1 is 0.966 bits per heavy atom. The van der Waals surface area contributed by atoms with Crippen LogP contribution < -0.4 is 5.32 Å². The molecule has 0 aliphatic heterocycles. The first-order valence-corrected chi connectivity index (χ1v) is 9.61. The van der Waals surface area contributed by atoms with Crippen molar-refractivity contribution in [3.8, 4) is 0 Å². The third-order valence-corrected chi connectivity index (χ3v) is 5.33. The molecule has 7 heteroatoms. The van der Waals surface area contributed by atoms with E-state index in [1.165, 1.54) is 17.4 Å². The number of nitrogens with zero attached hydrogens (tertiary/aromatic N) is 1.